The number of ether oxygens (including phenoxy) is 1. The normalized spacial score (nSPS) is 10.5. The Hall–Kier alpha value is -1.76. The molecule has 21 heavy (non-hydrogen) atoms. The van der Waals surface area contributed by atoms with Crippen molar-refractivity contribution in [3.05, 3.63) is 40.7 Å². The molecule has 1 aromatic carbocycles. The van der Waals surface area contributed by atoms with Crippen molar-refractivity contribution >= 4 is 17.2 Å². The number of nitrogens with zero attached hydrogens (tertiary/aromatic N) is 1. The van der Waals surface area contributed by atoms with Crippen LogP contribution in [-0.4, -0.2) is 44.2 Å². The van der Waals surface area contributed by atoms with Gasteiger partial charge in [-0.05, 0) is 12.1 Å². The van der Waals surface area contributed by atoms with E-state index in [1.807, 2.05) is 29.6 Å². The molecule has 0 spiro atoms. The molecule has 0 bridgehead atoms. The smallest absolute Gasteiger partial charge is 0.251 e. The van der Waals surface area contributed by atoms with E-state index >= 15 is 0 Å². The number of methoxy groups -OCH3 is 1. The lowest BCUT2D eigenvalue weighted by molar-refractivity contribution is 0.0953. The number of amides is 1. The molecular weight excluding hydrogens is 286 g/mol. The lowest BCUT2D eigenvalue weighted by Crippen LogP contribution is -2.33. The van der Waals surface area contributed by atoms with Gasteiger partial charge in [-0.15, -0.1) is 11.3 Å². The number of aromatic nitrogens is 1. The zero-order chi connectivity index (χ0) is 14.9. The number of hydrogen-bond donors (Lipinski definition) is 2. The summed E-state index contributed by atoms with van der Waals surface area (Å²) >= 11 is 1.54. The molecule has 0 saturated carbocycles. The maximum Gasteiger partial charge on any atom is 0.251 e. The van der Waals surface area contributed by atoms with E-state index in [1.165, 1.54) is 0 Å². The van der Waals surface area contributed by atoms with Gasteiger partial charge >= 0.3 is 0 Å². The van der Waals surface area contributed by atoms with E-state index < -0.39 is 0 Å². The van der Waals surface area contributed by atoms with Crippen LogP contribution in [0.25, 0.3) is 11.3 Å². The Morgan fingerprint density at radius 2 is 2.24 bits per heavy atom. The van der Waals surface area contributed by atoms with Crippen molar-refractivity contribution in [3.8, 4) is 11.3 Å². The second kappa shape index (κ2) is 8.51. The summed E-state index contributed by atoms with van der Waals surface area (Å²) in [5.74, 6) is -0.0689. The van der Waals surface area contributed by atoms with E-state index in [9.17, 15) is 4.79 Å². The van der Waals surface area contributed by atoms with Gasteiger partial charge in [-0.1, -0.05) is 12.1 Å². The van der Waals surface area contributed by atoms with E-state index in [2.05, 4.69) is 15.6 Å². The molecule has 2 rings (SSSR count). The number of rotatable bonds is 8. The fourth-order valence-corrected chi connectivity index (χ4v) is 2.40. The Kier molecular flexibility index (Phi) is 6.33. The number of hydrogen-bond acceptors (Lipinski definition) is 5. The van der Waals surface area contributed by atoms with Crippen LogP contribution in [0.1, 0.15) is 10.4 Å². The zero-order valence-corrected chi connectivity index (χ0v) is 12.8. The van der Waals surface area contributed by atoms with Crippen LogP contribution < -0.4 is 10.6 Å². The predicted octanol–water partition coefficient (Wildman–Crippen LogP) is 1.78. The molecule has 5 nitrogen and oxygen atoms in total. The summed E-state index contributed by atoms with van der Waals surface area (Å²) in [5, 5.41) is 8.04. The highest BCUT2D eigenvalue weighted by Gasteiger charge is 2.07. The maximum atomic E-state index is 12.1. The summed E-state index contributed by atoms with van der Waals surface area (Å²) in [7, 11) is 1.67. The summed E-state index contributed by atoms with van der Waals surface area (Å²) < 4.78 is 4.93. The number of carbonyl (C=O) groups excluding carboxylic acids is 1. The quantitative estimate of drug-likeness (QED) is 0.730. The zero-order valence-electron chi connectivity index (χ0n) is 12.0. The molecule has 0 aliphatic heterocycles. The first-order chi connectivity index (χ1) is 10.3. The van der Waals surface area contributed by atoms with Crippen LogP contribution in [0, 0.1) is 0 Å². The molecule has 2 aromatic rings. The molecule has 1 aromatic heterocycles. The molecule has 0 aliphatic rings. The van der Waals surface area contributed by atoms with Crippen LogP contribution in [0.15, 0.2) is 35.2 Å². The fourth-order valence-electron chi connectivity index (χ4n) is 1.84. The van der Waals surface area contributed by atoms with Gasteiger partial charge in [0.2, 0.25) is 0 Å². The third-order valence-electron chi connectivity index (χ3n) is 2.92. The molecule has 0 fully saturated rings. The summed E-state index contributed by atoms with van der Waals surface area (Å²) in [6, 6.07) is 7.50. The van der Waals surface area contributed by atoms with Crippen LogP contribution in [0.5, 0.6) is 0 Å². The number of benzene rings is 1. The van der Waals surface area contributed by atoms with Crippen molar-refractivity contribution in [2.24, 2.45) is 0 Å². The molecule has 0 atom stereocenters. The monoisotopic (exact) mass is 305 g/mol. The minimum absolute atomic E-state index is 0.0689. The third kappa shape index (κ3) is 4.93. The highest BCUT2D eigenvalue weighted by Crippen LogP contribution is 2.19. The van der Waals surface area contributed by atoms with Crippen molar-refractivity contribution < 1.29 is 9.53 Å². The second-order valence-electron chi connectivity index (χ2n) is 4.45. The molecule has 112 valence electrons. The summed E-state index contributed by atoms with van der Waals surface area (Å²) in [4.78, 5) is 16.3. The van der Waals surface area contributed by atoms with E-state index in [4.69, 9.17) is 4.74 Å². The first-order valence-electron chi connectivity index (χ1n) is 6.77. The van der Waals surface area contributed by atoms with Gasteiger partial charge in [-0.2, -0.15) is 0 Å². The largest absolute Gasteiger partial charge is 0.383 e. The molecule has 2 N–H and O–H groups in total. The fraction of sp³-hybridized carbons (Fsp3) is 0.333. The van der Waals surface area contributed by atoms with Gasteiger partial charge in [0.25, 0.3) is 5.91 Å². The average Bonchev–Trinajstić information content (AvgIpc) is 3.05. The first kappa shape index (κ1) is 15.6. The molecule has 0 aliphatic carbocycles. The molecule has 1 amide bonds. The molecule has 1 heterocycles. The van der Waals surface area contributed by atoms with Gasteiger partial charge in [0.15, 0.2) is 0 Å². The SMILES string of the molecule is COCCNCCNC(=O)c1cccc(-c2cscn2)c1. The summed E-state index contributed by atoms with van der Waals surface area (Å²) in [6.45, 7) is 2.76. The second-order valence-corrected chi connectivity index (χ2v) is 5.17. The Labute approximate surface area is 128 Å². The van der Waals surface area contributed by atoms with Gasteiger partial charge in [-0.25, -0.2) is 4.98 Å². The molecule has 0 unspecified atom stereocenters. The number of carbonyl (C=O) groups is 1. The van der Waals surface area contributed by atoms with Gasteiger partial charge in [0.1, 0.15) is 0 Å². The van der Waals surface area contributed by atoms with Crippen LogP contribution >= 0.6 is 11.3 Å². The molecule has 0 saturated heterocycles. The van der Waals surface area contributed by atoms with Gasteiger partial charge < -0.3 is 15.4 Å². The van der Waals surface area contributed by atoms with E-state index in [1.54, 1.807) is 24.0 Å². The predicted molar refractivity (Wildman–Crippen MR) is 84.6 cm³/mol. The Bertz CT molecular complexity index is 558. The molecular formula is C15H19N3O2S. The number of thiazole rings is 1. The summed E-state index contributed by atoms with van der Waals surface area (Å²) in [5.41, 5.74) is 4.30. The number of nitrogens with one attached hydrogen (secondary N) is 2. The molecule has 6 heteroatoms. The van der Waals surface area contributed by atoms with E-state index in [0.717, 1.165) is 24.3 Å². The van der Waals surface area contributed by atoms with Gasteiger partial charge in [-0.3, -0.25) is 4.79 Å². The first-order valence-corrected chi connectivity index (χ1v) is 7.72. The van der Waals surface area contributed by atoms with Crippen LogP contribution in [-0.2, 0) is 4.74 Å². The standard InChI is InChI=1S/C15H19N3O2S/c1-20-8-7-16-5-6-17-15(19)13-4-2-3-12(9-13)14-10-21-11-18-14/h2-4,9-11,16H,5-8H2,1H3,(H,17,19). The lowest BCUT2D eigenvalue weighted by atomic mass is 10.1. The average molecular weight is 305 g/mol. The van der Waals surface area contributed by atoms with Gasteiger partial charge in [0, 0.05) is 43.3 Å². The van der Waals surface area contributed by atoms with E-state index in [-0.39, 0.29) is 5.91 Å². The summed E-state index contributed by atoms with van der Waals surface area (Å²) in [6.07, 6.45) is 0. The van der Waals surface area contributed by atoms with Crippen molar-refractivity contribution in [2.45, 2.75) is 0 Å². The third-order valence-corrected chi connectivity index (χ3v) is 3.51. The highest BCUT2D eigenvalue weighted by atomic mass is 32.1. The van der Waals surface area contributed by atoms with Crippen LogP contribution in [0.2, 0.25) is 0 Å². The minimum atomic E-state index is -0.0689. The van der Waals surface area contributed by atoms with Crippen molar-refractivity contribution in [1.82, 2.24) is 15.6 Å². The van der Waals surface area contributed by atoms with Crippen molar-refractivity contribution in [2.75, 3.05) is 33.4 Å². The molecule has 0 radical (unpaired) electrons. The maximum absolute atomic E-state index is 12.1. The van der Waals surface area contributed by atoms with Crippen molar-refractivity contribution in [3.63, 3.8) is 0 Å². The lowest BCUT2D eigenvalue weighted by Gasteiger charge is -2.07. The van der Waals surface area contributed by atoms with Crippen LogP contribution in [0.4, 0.5) is 0 Å². The highest BCUT2D eigenvalue weighted by molar-refractivity contribution is 7.07. The topological polar surface area (TPSA) is 63.2 Å². The Balaban J connectivity index is 1.84. The van der Waals surface area contributed by atoms with Gasteiger partial charge in [0.05, 0.1) is 17.8 Å². The Morgan fingerprint density at radius 3 is 3.00 bits per heavy atom. The van der Waals surface area contributed by atoms with E-state index in [0.29, 0.717) is 18.7 Å². The van der Waals surface area contributed by atoms with Crippen molar-refractivity contribution in [1.29, 1.82) is 0 Å². The Morgan fingerprint density at radius 1 is 1.33 bits per heavy atom. The van der Waals surface area contributed by atoms with Crippen LogP contribution in [0.3, 0.4) is 0 Å². The minimum Gasteiger partial charge on any atom is -0.383 e.